The fraction of sp³-hybridized carbons (Fsp3) is 0.517. The van der Waals surface area contributed by atoms with Gasteiger partial charge in [0.05, 0.1) is 7.11 Å². The maximum Gasteiger partial charge on any atom is 0.407 e. The molecule has 7 nitrogen and oxygen atoms in total. The zero-order valence-corrected chi connectivity index (χ0v) is 22.7. The van der Waals surface area contributed by atoms with E-state index in [-0.39, 0.29) is 12.1 Å². The van der Waals surface area contributed by atoms with Crippen molar-refractivity contribution in [2.45, 2.75) is 90.5 Å². The quantitative estimate of drug-likeness (QED) is 0.417. The second-order valence-corrected chi connectivity index (χ2v) is 11.0. The molecule has 7 heteroatoms. The number of rotatable bonds is 10. The van der Waals surface area contributed by atoms with Crippen LogP contribution in [0.2, 0.25) is 0 Å². The molecule has 198 valence electrons. The highest BCUT2D eigenvalue weighted by Crippen LogP contribution is 2.17. The van der Waals surface area contributed by atoms with Gasteiger partial charge in [0.25, 0.3) is 0 Å². The lowest BCUT2D eigenvalue weighted by Gasteiger charge is -2.27. The summed E-state index contributed by atoms with van der Waals surface area (Å²) in [5.41, 5.74) is 1.00. The first kappa shape index (κ1) is 29.0. The van der Waals surface area contributed by atoms with Crippen molar-refractivity contribution in [3.63, 3.8) is 0 Å². The molecule has 2 atom stereocenters. The number of hydrogen-bond donors (Lipinski definition) is 2. The van der Waals surface area contributed by atoms with Gasteiger partial charge in [0.15, 0.2) is 0 Å². The lowest BCUT2D eigenvalue weighted by molar-refractivity contribution is 0.0474. The molecule has 0 aliphatic rings. The monoisotopic (exact) mass is 498 g/mol. The number of carbonyl (C=O) groups is 2. The van der Waals surface area contributed by atoms with E-state index < -0.39 is 23.4 Å². The summed E-state index contributed by atoms with van der Waals surface area (Å²) in [6, 6.07) is 17.4. The van der Waals surface area contributed by atoms with Crippen molar-refractivity contribution in [2.24, 2.45) is 0 Å². The van der Waals surface area contributed by atoms with Gasteiger partial charge in [-0.3, -0.25) is 0 Å². The zero-order valence-electron chi connectivity index (χ0n) is 22.7. The summed E-state index contributed by atoms with van der Waals surface area (Å²) < 4.78 is 16.3. The number of benzene rings is 2. The van der Waals surface area contributed by atoms with E-state index in [0.29, 0.717) is 25.7 Å². The molecule has 2 N–H and O–H groups in total. The summed E-state index contributed by atoms with van der Waals surface area (Å²) in [5, 5.41) is 6.05. The third-order valence-electron chi connectivity index (χ3n) is 5.27. The molecular weight excluding hydrogens is 456 g/mol. The van der Waals surface area contributed by atoms with Gasteiger partial charge in [-0.15, -0.1) is 0 Å². The Morgan fingerprint density at radius 2 is 1.11 bits per heavy atom. The van der Waals surface area contributed by atoms with Crippen LogP contribution in [0.25, 0.3) is 0 Å². The normalized spacial score (nSPS) is 13.3. The van der Waals surface area contributed by atoms with Crippen molar-refractivity contribution >= 4 is 12.2 Å². The molecule has 0 fully saturated rings. The number of nitrogens with one attached hydrogen (secondary N) is 2. The van der Waals surface area contributed by atoms with Crippen molar-refractivity contribution in [1.29, 1.82) is 0 Å². The van der Waals surface area contributed by atoms with E-state index >= 15 is 0 Å². The first-order chi connectivity index (χ1) is 16.8. The number of amides is 2. The molecule has 0 saturated heterocycles. The highest BCUT2D eigenvalue weighted by molar-refractivity contribution is 5.68. The number of ether oxygens (including phenoxy) is 3. The summed E-state index contributed by atoms with van der Waals surface area (Å²) in [6.45, 7) is 11.0. The van der Waals surface area contributed by atoms with Crippen LogP contribution in [0.3, 0.4) is 0 Å². The standard InChI is InChI=1S/C29H42N2O5/c1-28(2,3)35-26(32)30-23(19-21-11-9-8-10-12-21)15-16-24(31-27(33)36-29(4,5)6)20-22-13-17-25(34-7)18-14-22/h8-14,17-18,23-24H,15-16,19-20H2,1-7H3,(H,30,32)(H,31,33)/t23-,24-/m1/s1. The molecule has 2 amide bonds. The highest BCUT2D eigenvalue weighted by Gasteiger charge is 2.23. The topological polar surface area (TPSA) is 85.9 Å². The van der Waals surface area contributed by atoms with Gasteiger partial charge >= 0.3 is 12.2 Å². The molecule has 0 saturated carbocycles. The Labute approximate surface area is 215 Å². The van der Waals surface area contributed by atoms with Crippen LogP contribution in [0.15, 0.2) is 54.6 Å². The SMILES string of the molecule is COc1ccc(C[C@@H](CC[C@H](Cc2ccccc2)NC(=O)OC(C)(C)C)NC(=O)OC(C)(C)C)cc1. The fourth-order valence-electron chi connectivity index (χ4n) is 3.75. The van der Waals surface area contributed by atoms with Gasteiger partial charge in [-0.2, -0.15) is 0 Å². The van der Waals surface area contributed by atoms with E-state index in [2.05, 4.69) is 10.6 Å². The van der Waals surface area contributed by atoms with E-state index in [1.807, 2.05) is 96.1 Å². The fourth-order valence-corrected chi connectivity index (χ4v) is 3.75. The molecule has 2 rings (SSSR count). The second kappa shape index (κ2) is 13.2. The third-order valence-corrected chi connectivity index (χ3v) is 5.27. The maximum absolute atomic E-state index is 12.6. The lowest BCUT2D eigenvalue weighted by Crippen LogP contribution is -2.43. The van der Waals surface area contributed by atoms with Crippen LogP contribution in [-0.2, 0) is 22.3 Å². The van der Waals surface area contributed by atoms with Crippen molar-refractivity contribution < 1.29 is 23.8 Å². The van der Waals surface area contributed by atoms with Crippen LogP contribution in [0.4, 0.5) is 9.59 Å². The first-order valence-electron chi connectivity index (χ1n) is 12.5. The number of methoxy groups -OCH3 is 1. The molecular formula is C29H42N2O5. The summed E-state index contributed by atoms with van der Waals surface area (Å²) in [5.74, 6) is 0.778. The van der Waals surface area contributed by atoms with Crippen molar-refractivity contribution in [3.05, 3.63) is 65.7 Å². The van der Waals surface area contributed by atoms with E-state index in [9.17, 15) is 9.59 Å². The van der Waals surface area contributed by atoms with Crippen molar-refractivity contribution in [2.75, 3.05) is 7.11 Å². The molecule has 0 bridgehead atoms. The summed E-state index contributed by atoms with van der Waals surface area (Å²) >= 11 is 0. The molecule has 0 radical (unpaired) electrons. The Morgan fingerprint density at radius 3 is 1.50 bits per heavy atom. The Morgan fingerprint density at radius 1 is 0.694 bits per heavy atom. The predicted octanol–water partition coefficient (Wildman–Crippen LogP) is 6.05. The average molecular weight is 499 g/mol. The van der Waals surface area contributed by atoms with Gasteiger partial charge in [0.1, 0.15) is 17.0 Å². The Bertz CT molecular complexity index is 946. The summed E-state index contributed by atoms with van der Waals surface area (Å²) in [6.07, 6.45) is 1.65. The average Bonchev–Trinajstić information content (AvgIpc) is 2.76. The smallest absolute Gasteiger partial charge is 0.407 e. The van der Waals surface area contributed by atoms with Crippen LogP contribution >= 0.6 is 0 Å². The van der Waals surface area contributed by atoms with Gasteiger partial charge in [-0.25, -0.2) is 9.59 Å². The molecule has 0 aliphatic carbocycles. The Balaban J connectivity index is 2.15. The molecule has 0 aromatic heterocycles. The Hall–Kier alpha value is -3.22. The number of hydrogen-bond acceptors (Lipinski definition) is 5. The molecule has 2 aromatic carbocycles. The van der Waals surface area contributed by atoms with Gasteiger partial charge < -0.3 is 24.8 Å². The van der Waals surface area contributed by atoms with Crippen LogP contribution in [0.1, 0.15) is 65.5 Å². The molecule has 0 unspecified atom stereocenters. The predicted molar refractivity (Wildman–Crippen MR) is 142 cm³/mol. The summed E-state index contributed by atoms with van der Waals surface area (Å²) in [4.78, 5) is 25.1. The molecule has 0 aliphatic heterocycles. The van der Waals surface area contributed by atoms with Gasteiger partial charge in [0.2, 0.25) is 0 Å². The van der Waals surface area contributed by atoms with Crippen molar-refractivity contribution in [3.8, 4) is 5.75 Å². The second-order valence-electron chi connectivity index (χ2n) is 11.0. The van der Waals surface area contributed by atoms with Crippen LogP contribution in [-0.4, -0.2) is 42.6 Å². The minimum atomic E-state index is -0.594. The van der Waals surface area contributed by atoms with E-state index in [1.54, 1.807) is 7.11 Å². The molecule has 0 spiro atoms. The third kappa shape index (κ3) is 12.0. The number of alkyl carbamates (subject to hydrolysis) is 2. The minimum absolute atomic E-state index is 0.166. The van der Waals surface area contributed by atoms with Gasteiger partial charge in [-0.1, -0.05) is 42.5 Å². The van der Waals surface area contributed by atoms with E-state index in [0.717, 1.165) is 16.9 Å². The molecule has 0 heterocycles. The van der Waals surface area contributed by atoms with E-state index in [4.69, 9.17) is 14.2 Å². The van der Waals surface area contributed by atoms with Crippen LogP contribution in [0.5, 0.6) is 5.75 Å². The zero-order chi connectivity index (χ0) is 26.8. The van der Waals surface area contributed by atoms with Crippen LogP contribution < -0.4 is 15.4 Å². The number of carbonyl (C=O) groups excluding carboxylic acids is 2. The van der Waals surface area contributed by atoms with Crippen LogP contribution in [0, 0.1) is 0 Å². The van der Waals surface area contributed by atoms with Gasteiger partial charge in [-0.05, 0) is 90.5 Å². The highest BCUT2D eigenvalue weighted by atomic mass is 16.6. The largest absolute Gasteiger partial charge is 0.497 e. The molecule has 2 aromatic rings. The van der Waals surface area contributed by atoms with Gasteiger partial charge in [0, 0.05) is 12.1 Å². The maximum atomic E-state index is 12.6. The first-order valence-corrected chi connectivity index (χ1v) is 12.5. The summed E-state index contributed by atoms with van der Waals surface area (Å²) in [7, 11) is 1.63. The lowest BCUT2D eigenvalue weighted by atomic mass is 9.96. The van der Waals surface area contributed by atoms with E-state index in [1.165, 1.54) is 0 Å². The van der Waals surface area contributed by atoms with Crippen molar-refractivity contribution in [1.82, 2.24) is 10.6 Å². The Kier molecular flexibility index (Phi) is 10.6. The minimum Gasteiger partial charge on any atom is -0.497 e. The molecule has 36 heavy (non-hydrogen) atoms.